The normalized spacial score (nSPS) is 17.3. The van der Waals surface area contributed by atoms with Crippen LogP contribution in [0, 0.1) is 0 Å². The van der Waals surface area contributed by atoms with Gasteiger partial charge in [0.05, 0.1) is 6.61 Å². The number of carbonyl (C=O) groups is 1. The highest BCUT2D eigenvalue weighted by Gasteiger charge is 2.45. The minimum atomic E-state index is -1.14. The van der Waals surface area contributed by atoms with Gasteiger partial charge in [-0.25, -0.2) is 9.78 Å². The molecule has 3 heterocycles. The lowest BCUT2D eigenvalue weighted by atomic mass is 9.75. The number of hydrogen-bond acceptors (Lipinski definition) is 11. The van der Waals surface area contributed by atoms with Crippen molar-refractivity contribution in [2.45, 2.75) is 64.3 Å². The van der Waals surface area contributed by atoms with Crippen LogP contribution >= 0.6 is 0 Å². The van der Waals surface area contributed by atoms with Gasteiger partial charge in [0.1, 0.15) is 58.1 Å². The van der Waals surface area contributed by atoms with Crippen LogP contribution in [0.2, 0.25) is 0 Å². The molecule has 11 heteroatoms. The number of pyridine rings is 1. The fourth-order valence-electron chi connectivity index (χ4n) is 5.85. The summed E-state index contributed by atoms with van der Waals surface area (Å²) in [4.78, 5) is 30.4. The number of fused-ring (bicyclic) bond motifs is 2. The molecule has 2 aromatic carbocycles. The van der Waals surface area contributed by atoms with Gasteiger partial charge in [-0.3, -0.25) is 4.79 Å². The minimum Gasteiger partial charge on any atom is -0.508 e. The Morgan fingerprint density at radius 2 is 1.93 bits per heavy atom. The summed E-state index contributed by atoms with van der Waals surface area (Å²) in [5.41, 5.74) is 6.32. The van der Waals surface area contributed by atoms with E-state index in [9.17, 15) is 30.0 Å². The summed E-state index contributed by atoms with van der Waals surface area (Å²) in [5.74, 6) is -2.30. The van der Waals surface area contributed by atoms with Gasteiger partial charge in [-0.2, -0.15) is 0 Å². The van der Waals surface area contributed by atoms with Crippen molar-refractivity contribution in [1.29, 1.82) is 0 Å². The van der Waals surface area contributed by atoms with Gasteiger partial charge >= 0.3 is 5.97 Å². The van der Waals surface area contributed by atoms with E-state index in [0.717, 1.165) is 6.07 Å². The quantitative estimate of drug-likeness (QED) is 0.141. The lowest BCUT2D eigenvalue weighted by Gasteiger charge is -2.41. The lowest BCUT2D eigenvalue weighted by molar-refractivity contribution is -0.156. The highest BCUT2D eigenvalue weighted by molar-refractivity contribution is 5.92. The highest BCUT2D eigenvalue weighted by atomic mass is 16.6. The van der Waals surface area contributed by atoms with Gasteiger partial charge in [0.25, 0.3) is 0 Å². The van der Waals surface area contributed by atoms with Crippen molar-refractivity contribution >= 4 is 22.8 Å². The molecule has 1 aliphatic rings. The second kappa shape index (κ2) is 12.3. The van der Waals surface area contributed by atoms with Crippen LogP contribution in [-0.2, 0) is 22.6 Å². The number of phenols is 2. The number of hydrogen-bond donors (Lipinski definition) is 5. The van der Waals surface area contributed by atoms with Crippen molar-refractivity contribution in [3.05, 3.63) is 98.5 Å². The number of ether oxygens (including phenoxy) is 2. The summed E-state index contributed by atoms with van der Waals surface area (Å²) in [5, 5.41) is 42.7. The molecule has 0 spiro atoms. The molecule has 0 unspecified atom stereocenters. The molecule has 11 nitrogen and oxygen atoms in total. The second-order valence-corrected chi connectivity index (χ2v) is 11.7. The van der Waals surface area contributed by atoms with Crippen molar-refractivity contribution in [2.75, 3.05) is 12.3 Å². The Kier molecular flexibility index (Phi) is 8.59. The Morgan fingerprint density at radius 1 is 1.18 bits per heavy atom. The van der Waals surface area contributed by atoms with Gasteiger partial charge in [-0.15, -0.1) is 0 Å². The molecule has 2 aromatic heterocycles. The fourth-order valence-corrected chi connectivity index (χ4v) is 5.85. The van der Waals surface area contributed by atoms with Crippen LogP contribution < -0.4 is 15.9 Å². The summed E-state index contributed by atoms with van der Waals surface area (Å²) in [6.07, 6.45) is 2.26. The number of aliphatic hydroxyl groups is 2. The first-order valence-corrected chi connectivity index (χ1v) is 14.5. The van der Waals surface area contributed by atoms with E-state index in [1.165, 1.54) is 18.3 Å². The lowest BCUT2D eigenvalue weighted by Crippen LogP contribution is -2.49. The zero-order chi connectivity index (χ0) is 32.6. The molecule has 1 aliphatic heterocycles. The van der Waals surface area contributed by atoms with Crippen LogP contribution in [0.3, 0.4) is 0 Å². The van der Waals surface area contributed by atoms with Crippen LogP contribution in [0.1, 0.15) is 67.5 Å². The Hall–Kier alpha value is -4.87. The third kappa shape index (κ3) is 5.84. The molecule has 0 aliphatic carbocycles. The summed E-state index contributed by atoms with van der Waals surface area (Å²) in [6, 6.07) is 10.8. The van der Waals surface area contributed by atoms with Gasteiger partial charge in [0.15, 0.2) is 5.43 Å². The van der Waals surface area contributed by atoms with Gasteiger partial charge in [0, 0.05) is 47.2 Å². The van der Waals surface area contributed by atoms with E-state index in [0.29, 0.717) is 22.3 Å². The van der Waals surface area contributed by atoms with E-state index >= 15 is 0 Å². The molecule has 3 atom stereocenters. The average Bonchev–Trinajstić information content (AvgIpc) is 3.00. The third-order valence-electron chi connectivity index (χ3n) is 8.35. The predicted octanol–water partition coefficient (Wildman–Crippen LogP) is 4.17. The number of allylic oxidation sites excluding steroid dienone is 1. The van der Waals surface area contributed by atoms with Crippen molar-refractivity contribution in [2.24, 2.45) is 0 Å². The number of rotatable bonds is 8. The van der Waals surface area contributed by atoms with Crippen LogP contribution in [0.5, 0.6) is 17.2 Å². The molecular formula is C34H36N2O9. The summed E-state index contributed by atoms with van der Waals surface area (Å²) in [6.45, 7) is 5.80. The SMILES string of the molecule is CC=C(C)C(=O)O[C@H]1Cc2c(c([C@@H](c3ccnc(N)c3)[C@H](CO)c3cccc(O)c3)c3oc(CO)cc(=O)c3c2O)OC1(C)C. The second-order valence-electron chi connectivity index (χ2n) is 11.7. The number of aromatic nitrogens is 1. The number of anilines is 1. The molecule has 0 bridgehead atoms. The third-order valence-corrected chi connectivity index (χ3v) is 8.35. The first-order valence-electron chi connectivity index (χ1n) is 14.5. The van der Waals surface area contributed by atoms with Crippen LogP contribution in [0.15, 0.2) is 69.5 Å². The average molecular weight is 617 g/mol. The topological polar surface area (TPSA) is 186 Å². The maximum absolute atomic E-state index is 13.5. The van der Waals surface area contributed by atoms with Crippen molar-refractivity contribution < 1.29 is 39.1 Å². The van der Waals surface area contributed by atoms with E-state index in [2.05, 4.69) is 4.98 Å². The summed E-state index contributed by atoms with van der Waals surface area (Å²) < 4.78 is 18.5. The van der Waals surface area contributed by atoms with E-state index in [1.807, 2.05) is 0 Å². The molecule has 0 saturated carbocycles. The molecule has 45 heavy (non-hydrogen) atoms. The van der Waals surface area contributed by atoms with Crippen molar-refractivity contribution in [1.82, 2.24) is 4.98 Å². The zero-order valence-corrected chi connectivity index (χ0v) is 25.4. The van der Waals surface area contributed by atoms with Gasteiger partial charge in [0.2, 0.25) is 0 Å². The molecule has 0 amide bonds. The van der Waals surface area contributed by atoms with E-state index in [4.69, 9.17) is 19.6 Å². The van der Waals surface area contributed by atoms with Gasteiger partial charge in [-0.05, 0) is 63.1 Å². The number of nitrogens with zero attached hydrogens (tertiary/aromatic N) is 1. The molecule has 4 aromatic rings. The maximum atomic E-state index is 13.5. The largest absolute Gasteiger partial charge is 0.508 e. The van der Waals surface area contributed by atoms with E-state index in [1.54, 1.807) is 58.0 Å². The zero-order valence-electron chi connectivity index (χ0n) is 25.4. The van der Waals surface area contributed by atoms with Crippen LogP contribution in [0.25, 0.3) is 11.0 Å². The fraction of sp³-hybridized carbons (Fsp3) is 0.324. The molecule has 5 rings (SSSR count). The molecular weight excluding hydrogens is 580 g/mol. The Morgan fingerprint density at radius 3 is 2.58 bits per heavy atom. The van der Waals surface area contributed by atoms with E-state index < -0.39 is 53.9 Å². The van der Waals surface area contributed by atoms with Crippen LogP contribution in [-0.4, -0.2) is 49.7 Å². The molecule has 0 saturated heterocycles. The first kappa shape index (κ1) is 31.6. The highest BCUT2D eigenvalue weighted by Crippen LogP contribution is 2.53. The maximum Gasteiger partial charge on any atom is 0.333 e. The monoisotopic (exact) mass is 616 g/mol. The number of benzene rings is 2. The number of carbonyl (C=O) groups excluding carboxylic acids is 1. The number of phenolic OH excluding ortho intramolecular Hbond substituents is 2. The van der Waals surface area contributed by atoms with E-state index in [-0.39, 0.29) is 46.0 Å². The number of nitrogens with two attached hydrogens (primary N) is 1. The predicted molar refractivity (Wildman–Crippen MR) is 166 cm³/mol. The number of esters is 1. The Balaban J connectivity index is 1.88. The standard InChI is InChI=1S/C34H36N2O9/c1-5-17(2)33(42)44-25-14-22-30(41)28-24(40)13-21(15-37)43-32(28)29(31(22)45-34(25,3)4)27(19-9-10-36-26(35)12-19)23(16-38)18-7-6-8-20(39)11-18/h5-13,23,25,27,37-39,41H,14-16H2,1-4H3,(H2,35,36)/t23-,25+,27+/m1/s1. The van der Waals surface area contributed by atoms with Crippen molar-refractivity contribution in [3.8, 4) is 17.2 Å². The smallest absolute Gasteiger partial charge is 0.333 e. The molecule has 6 N–H and O–H groups in total. The number of nitrogen functional groups attached to an aromatic ring is 1. The molecule has 0 radical (unpaired) electrons. The van der Waals surface area contributed by atoms with Crippen LogP contribution in [0.4, 0.5) is 5.82 Å². The molecule has 0 fully saturated rings. The number of aromatic hydroxyl groups is 2. The Labute approximate surface area is 259 Å². The Bertz CT molecular complexity index is 1860. The van der Waals surface area contributed by atoms with Gasteiger partial charge in [-0.1, -0.05) is 18.2 Å². The number of aliphatic hydroxyl groups excluding tert-OH is 2. The van der Waals surface area contributed by atoms with Crippen molar-refractivity contribution in [3.63, 3.8) is 0 Å². The first-order chi connectivity index (χ1) is 21.4. The molecule has 236 valence electrons. The summed E-state index contributed by atoms with van der Waals surface area (Å²) >= 11 is 0. The minimum absolute atomic E-state index is 0.0118. The van der Waals surface area contributed by atoms with Gasteiger partial charge < -0.3 is 40.1 Å². The summed E-state index contributed by atoms with van der Waals surface area (Å²) in [7, 11) is 0.